The molecule has 0 bridgehead atoms. The highest BCUT2D eigenvalue weighted by molar-refractivity contribution is 6.08. The molecule has 140 valence electrons. The predicted molar refractivity (Wildman–Crippen MR) is 104 cm³/mol. The minimum Gasteiger partial charge on any atom is -0.402 e. The van der Waals surface area contributed by atoms with Crippen LogP contribution in [-0.2, 0) is 7.05 Å². The van der Waals surface area contributed by atoms with Crippen molar-refractivity contribution in [1.82, 2.24) is 29.6 Å². The fourth-order valence-corrected chi connectivity index (χ4v) is 3.45. The van der Waals surface area contributed by atoms with Crippen LogP contribution in [-0.4, -0.2) is 41.8 Å². The molecule has 1 aliphatic carbocycles. The maximum atomic E-state index is 6.44. The first kappa shape index (κ1) is 17.4. The second-order valence-corrected chi connectivity index (χ2v) is 7.10. The van der Waals surface area contributed by atoms with Crippen LogP contribution in [0.15, 0.2) is 35.2 Å². The third-order valence-electron chi connectivity index (χ3n) is 4.98. The molecule has 8 nitrogen and oxygen atoms in total. The lowest BCUT2D eigenvalue weighted by Crippen LogP contribution is -2.11. The molecule has 0 amide bonds. The summed E-state index contributed by atoms with van der Waals surface area (Å²) in [5.74, 6) is 1.52. The van der Waals surface area contributed by atoms with Crippen molar-refractivity contribution in [3.05, 3.63) is 52.9 Å². The lowest BCUT2D eigenvalue weighted by molar-refractivity contribution is 0.766. The smallest absolute Gasteiger partial charge is 0.180 e. The Morgan fingerprint density at radius 1 is 1.37 bits per heavy atom. The van der Waals surface area contributed by atoms with Gasteiger partial charge in [-0.1, -0.05) is 0 Å². The van der Waals surface area contributed by atoms with Crippen LogP contribution in [0.3, 0.4) is 0 Å². The summed E-state index contributed by atoms with van der Waals surface area (Å²) < 4.78 is 3.59. The molecular formula is C19H24N8. The van der Waals surface area contributed by atoms with Crippen LogP contribution < -0.4 is 5.73 Å². The lowest BCUT2D eigenvalue weighted by atomic mass is 10.1. The first-order valence-electron chi connectivity index (χ1n) is 9.18. The SMILES string of the molecule is CCN=C(/C=C(\N)C1CC1c1cnn(C)c1)c1cc(C)c2nnc(C)n2n1. The van der Waals surface area contributed by atoms with Crippen LogP contribution in [0.2, 0.25) is 0 Å². The Balaban J connectivity index is 1.65. The van der Waals surface area contributed by atoms with Gasteiger partial charge in [0.15, 0.2) is 11.5 Å². The highest BCUT2D eigenvalue weighted by Crippen LogP contribution is 2.50. The van der Waals surface area contributed by atoms with E-state index in [0.29, 0.717) is 18.4 Å². The number of fused-ring (bicyclic) bond motifs is 1. The van der Waals surface area contributed by atoms with E-state index in [1.807, 2.05) is 50.8 Å². The van der Waals surface area contributed by atoms with E-state index in [1.165, 1.54) is 5.56 Å². The molecule has 27 heavy (non-hydrogen) atoms. The minimum absolute atomic E-state index is 0.331. The quantitative estimate of drug-likeness (QED) is 0.697. The van der Waals surface area contributed by atoms with Gasteiger partial charge in [0.25, 0.3) is 0 Å². The van der Waals surface area contributed by atoms with Crippen molar-refractivity contribution in [1.29, 1.82) is 0 Å². The molecular weight excluding hydrogens is 340 g/mol. The Morgan fingerprint density at radius 3 is 2.89 bits per heavy atom. The number of rotatable bonds is 5. The maximum Gasteiger partial charge on any atom is 0.180 e. The number of hydrogen-bond donors (Lipinski definition) is 1. The van der Waals surface area contributed by atoms with Crippen molar-refractivity contribution in [2.24, 2.45) is 23.7 Å². The molecule has 0 spiro atoms. The molecule has 0 aliphatic heterocycles. The number of aryl methyl sites for hydroxylation is 3. The second kappa shape index (κ2) is 6.61. The van der Waals surface area contributed by atoms with Gasteiger partial charge in [-0.15, -0.1) is 10.2 Å². The van der Waals surface area contributed by atoms with Gasteiger partial charge in [0.2, 0.25) is 0 Å². The molecule has 1 fully saturated rings. The van der Waals surface area contributed by atoms with Crippen LogP contribution in [0.5, 0.6) is 0 Å². The summed E-state index contributed by atoms with van der Waals surface area (Å²) in [6.45, 7) is 6.56. The predicted octanol–water partition coefficient (Wildman–Crippen LogP) is 1.93. The topological polar surface area (TPSA) is 99.3 Å². The zero-order valence-corrected chi connectivity index (χ0v) is 16.1. The maximum absolute atomic E-state index is 6.44. The monoisotopic (exact) mass is 364 g/mol. The summed E-state index contributed by atoms with van der Waals surface area (Å²) in [6.07, 6.45) is 7.00. The Morgan fingerprint density at radius 2 is 2.19 bits per heavy atom. The number of aromatic nitrogens is 6. The zero-order valence-electron chi connectivity index (χ0n) is 16.1. The fraction of sp³-hybridized carbons (Fsp3) is 0.421. The van der Waals surface area contributed by atoms with Gasteiger partial charge in [-0.3, -0.25) is 9.67 Å². The molecule has 3 heterocycles. The van der Waals surface area contributed by atoms with Crippen LogP contribution >= 0.6 is 0 Å². The Kier molecular flexibility index (Phi) is 4.25. The molecule has 2 unspecified atom stereocenters. The highest BCUT2D eigenvalue weighted by Gasteiger charge is 2.41. The molecule has 0 aromatic carbocycles. The summed E-state index contributed by atoms with van der Waals surface area (Å²) in [4.78, 5) is 4.64. The molecule has 1 aliphatic rings. The third-order valence-corrected chi connectivity index (χ3v) is 4.98. The summed E-state index contributed by atoms with van der Waals surface area (Å²) >= 11 is 0. The lowest BCUT2D eigenvalue weighted by Gasteiger charge is -2.07. The average Bonchev–Trinajstić information content (AvgIpc) is 3.19. The average molecular weight is 364 g/mol. The van der Waals surface area contributed by atoms with E-state index in [0.717, 1.165) is 40.6 Å². The van der Waals surface area contributed by atoms with Crippen molar-refractivity contribution in [3.63, 3.8) is 0 Å². The van der Waals surface area contributed by atoms with Gasteiger partial charge in [-0.05, 0) is 56.4 Å². The Labute approximate surface area is 157 Å². The number of nitrogens with zero attached hydrogens (tertiary/aromatic N) is 7. The van der Waals surface area contributed by atoms with Gasteiger partial charge < -0.3 is 5.73 Å². The van der Waals surface area contributed by atoms with E-state index in [4.69, 9.17) is 5.73 Å². The van der Waals surface area contributed by atoms with Gasteiger partial charge >= 0.3 is 0 Å². The largest absolute Gasteiger partial charge is 0.402 e. The van der Waals surface area contributed by atoms with E-state index in [1.54, 1.807) is 4.52 Å². The molecule has 0 saturated heterocycles. The van der Waals surface area contributed by atoms with E-state index < -0.39 is 0 Å². The summed E-state index contributed by atoms with van der Waals surface area (Å²) in [5.41, 5.74) is 11.9. The van der Waals surface area contributed by atoms with Gasteiger partial charge in [0, 0.05) is 31.4 Å². The number of allylic oxidation sites excluding steroid dienone is 2. The number of nitrogens with two attached hydrogens (primary N) is 1. The molecule has 0 radical (unpaired) electrons. The van der Waals surface area contributed by atoms with Crippen molar-refractivity contribution in [3.8, 4) is 0 Å². The molecule has 2 atom stereocenters. The summed E-state index contributed by atoms with van der Waals surface area (Å²) in [7, 11) is 1.93. The Hall–Kier alpha value is -3.03. The molecule has 1 saturated carbocycles. The zero-order chi connectivity index (χ0) is 19.1. The van der Waals surface area contributed by atoms with Crippen LogP contribution in [0.1, 0.15) is 41.9 Å². The van der Waals surface area contributed by atoms with Crippen LogP contribution in [0.4, 0.5) is 0 Å². The van der Waals surface area contributed by atoms with Gasteiger partial charge in [0.05, 0.1) is 11.9 Å². The highest BCUT2D eigenvalue weighted by atomic mass is 15.4. The van der Waals surface area contributed by atoms with Crippen molar-refractivity contribution >= 4 is 11.4 Å². The van der Waals surface area contributed by atoms with E-state index in [9.17, 15) is 0 Å². The van der Waals surface area contributed by atoms with Gasteiger partial charge in [-0.2, -0.15) is 14.7 Å². The van der Waals surface area contributed by atoms with E-state index in [2.05, 4.69) is 31.6 Å². The number of hydrogen-bond acceptors (Lipinski definition) is 6. The normalized spacial score (nSPS) is 20.4. The summed E-state index contributed by atoms with van der Waals surface area (Å²) in [5, 5.41) is 17.2. The summed E-state index contributed by atoms with van der Waals surface area (Å²) in [6, 6.07) is 1.99. The first-order chi connectivity index (χ1) is 13.0. The second-order valence-electron chi connectivity index (χ2n) is 7.10. The van der Waals surface area contributed by atoms with Crippen LogP contribution in [0.25, 0.3) is 5.65 Å². The first-order valence-corrected chi connectivity index (χ1v) is 9.18. The molecule has 4 rings (SSSR count). The standard InChI is InChI=1S/C19H24N8/c1-5-21-17(18-6-11(2)19-24-23-12(3)27(19)25-18)8-16(20)15-7-14(15)13-9-22-26(4)10-13/h6,8-10,14-15H,5,7,20H2,1-4H3/b16-8-,21-17?. The minimum atomic E-state index is 0.331. The van der Waals surface area contributed by atoms with Crippen molar-refractivity contribution < 1.29 is 0 Å². The molecule has 2 N–H and O–H groups in total. The molecule has 8 heteroatoms. The Bertz CT molecular complexity index is 1060. The van der Waals surface area contributed by atoms with Crippen molar-refractivity contribution in [2.45, 2.75) is 33.1 Å². The van der Waals surface area contributed by atoms with E-state index >= 15 is 0 Å². The van der Waals surface area contributed by atoms with Gasteiger partial charge in [0.1, 0.15) is 5.69 Å². The number of aliphatic imine (C=N–C) groups is 1. The fourth-order valence-electron chi connectivity index (χ4n) is 3.45. The van der Waals surface area contributed by atoms with Gasteiger partial charge in [-0.25, -0.2) is 0 Å². The molecule has 3 aromatic rings. The van der Waals surface area contributed by atoms with E-state index in [-0.39, 0.29) is 0 Å². The van der Waals surface area contributed by atoms with Crippen molar-refractivity contribution in [2.75, 3.05) is 6.54 Å². The molecule has 3 aromatic heterocycles. The van der Waals surface area contributed by atoms with Crippen LogP contribution in [0, 0.1) is 19.8 Å². The third kappa shape index (κ3) is 3.22.